The van der Waals surface area contributed by atoms with E-state index >= 15 is 0 Å². The van der Waals surface area contributed by atoms with Gasteiger partial charge in [-0.15, -0.1) is 0 Å². The van der Waals surface area contributed by atoms with E-state index in [4.69, 9.17) is 14.2 Å². The molecule has 2 saturated carbocycles. The molecule has 6 atom stereocenters. The zero-order valence-electron chi connectivity index (χ0n) is 16.4. The van der Waals surface area contributed by atoms with Crippen LogP contribution in [0.15, 0.2) is 36.7 Å². The second-order valence-electron chi connectivity index (χ2n) is 8.92. The minimum absolute atomic E-state index is 0.0584. The largest absolute Gasteiger partial charge is 0.493 e. The van der Waals surface area contributed by atoms with E-state index in [2.05, 4.69) is 25.4 Å². The first-order chi connectivity index (χ1) is 12.9. The van der Waals surface area contributed by atoms with E-state index in [1.54, 1.807) is 12.4 Å². The van der Waals surface area contributed by atoms with E-state index in [9.17, 15) is 5.11 Å². The molecule has 0 aromatic carbocycles. The van der Waals surface area contributed by atoms with Gasteiger partial charge >= 0.3 is 0 Å². The van der Waals surface area contributed by atoms with Crippen LogP contribution in [0.25, 0.3) is 0 Å². The van der Waals surface area contributed by atoms with Gasteiger partial charge in [-0.25, -0.2) is 0 Å². The monoisotopic (exact) mass is 373 g/mol. The number of ether oxygens (including phenoxy) is 3. The SMILES string of the molecule is C=C1CCC2[C@]3(C)CO[C@@H](O)O[C@@H]3CC[C@@]2(C)[C@@H]1CCOc1ccncc1. The third-order valence-corrected chi connectivity index (χ3v) is 7.46. The van der Waals surface area contributed by atoms with Crippen molar-refractivity contribution in [3.63, 3.8) is 0 Å². The Balaban J connectivity index is 1.50. The Kier molecular flexibility index (Phi) is 5.04. The lowest BCUT2D eigenvalue weighted by Gasteiger charge is -2.62. The van der Waals surface area contributed by atoms with Crippen LogP contribution in [0.3, 0.4) is 0 Å². The van der Waals surface area contributed by atoms with Gasteiger partial charge in [0.1, 0.15) is 5.75 Å². The number of hydrogen-bond acceptors (Lipinski definition) is 5. The van der Waals surface area contributed by atoms with Crippen molar-refractivity contribution in [3.8, 4) is 5.75 Å². The molecule has 1 unspecified atom stereocenters. The normalized spacial score (nSPS) is 41.5. The van der Waals surface area contributed by atoms with Gasteiger partial charge in [-0.3, -0.25) is 4.98 Å². The summed E-state index contributed by atoms with van der Waals surface area (Å²) >= 11 is 0. The number of allylic oxidation sites excluding steroid dienone is 1. The lowest BCUT2D eigenvalue weighted by molar-refractivity contribution is -0.367. The number of aliphatic hydroxyl groups excluding tert-OH is 1. The van der Waals surface area contributed by atoms with Gasteiger partial charge in [0.15, 0.2) is 0 Å². The molecule has 1 saturated heterocycles. The van der Waals surface area contributed by atoms with E-state index in [-0.39, 0.29) is 16.9 Å². The van der Waals surface area contributed by atoms with Crippen molar-refractivity contribution in [1.29, 1.82) is 0 Å². The summed E-state index contributed by atoms with van der Waals surface area (Å²) in [5, 5.41) is 9.76. The van der Waals surface area contributed by atoms with Crippen molar-refractivity contribution in [2.45, 2.75) is 58.5 Å². The second-order valence-corrected chi connectivity index (χ2v) is 8.92. The molecule has 0 amide bonds. The molecular formula is C22H31NO4. The van der Waals surface area contributed by atoms with Crippen LogP contribution in [0.2, 0.25) is 0 Å². The molecule has 5 heteroatoms. The minimum atomic E-state index is -1.07. The van der Waals surface area contributed by atoms with Gasteiger partial charge in [0.05, 0.1) is 19.3 Å². The lowest BCUT2D eigenvalue weighted by atomic mass is 9.46. The summed E-state index contributed by atoms with van der Waals surface area (Å²) in [5.74, 6) is 1.79. The maximum Gasteiger partial charge on any atom is 0.269 e. The van der Waals surface area contributed by atoms with E-state index in [0.717, 1.165) is 37.9 Å². The quantitative estimate of drug-likeness (QED) is 0.810. The summed E-state index contributed by atoms with van der Waals surface area (Å²) < 4.78 is 17.3. The molecule has 0 bridgehead atoms. The molecule has 1 aromatic rings. The van der Waals surface area contributed by atoms with Crippen molar-refractivity contribution in [2.75, 3.05) is 13.2 Å². The van der Waals surface area contributed by atoms with Crippen LogP contribution in [0.4, 0.5) is 0 Å². The van der Waals surface area contributed by atoms with Crippen LogP contribution in [0.1, 0.15) is 46.0 Å². The molecule has 0 spiro atoms. The fraction of sp³-hybridized carbons (Fsp3) is 0.682. The first kappa shape index (κ1) is 18.9. The molecule has 1 aromatic heterocycles. The Morgan fingerprint density at radius 2 is 2.04 bits per heavy atom. The molecular weight excluding hydrogens is 342 g/mol. The fourth-order valence-corrected chi connectivity index (χ4v) is 6.08. The summed E-state index contributed by atoms with van der Waals surface area (Å²) in [6.45, 7) is 9.30. The Hall–Kier alpha value is -1.43. The highest BCUT2D eigenvalue weighted by Gasteiger charge is 2.60. The molecule has 3 aliphatic rings. The fourth-order valence-electron chi connectivity index (χ4n) is 6.08. The summed E-state index contributed by atoms with van der Waals surface area (Å²) in [4.78, 5) is 4.04. The highest BCUT2D eigenvalue weighted by molar-refractivity contribution is 5.19. The van der Waals surface area contributed by atoms with Gasteiger partial charge in [-0.05, 0) is 61.5 Å². The predicted molar refractivity (Wildman–Crippen MR) is 102 cm³/mol. The summed E-state index contributed by atoms with van der Waals surface area (Å²) in [6.07, 6.45) is 8.76. The molecule has 2 heterocycles. The van der Waals surface area contributed by atoms with Crippen LogP contribution in [0, 0.1) is 22.7 Å². The van der Waals surface area contributed by atoms with Crippen LogP contribution >= 0.6 is 0 Å². The van der Waals surface area contributed by atoms with Gasteiger partial charge in [-0.1, -0.05) is 26.0 Å². The topological polar surface area (TPSA) is 60.8 Å². The van der Waals surface area contributed by atoms with Crippen LogP contribution < -0.4 is 4.74 Å². The molecule has 1 aliphatic heterocycles. The van der Waals surface area contributed by atoms with Crippen molar-refractivity contribution >= 4 is 0 Å². The van der Waals surface area contributed by atoms with Crippen LogP contribution in [0.5, 0.6) is 5.75 Å². The average Bonchev–Trinajstić information content (AvgIpc) is 2.65. The second kappa shape index (κ2) is 7.19. The van der Waals surface area contributed by atoms with Gasteiger partial charge < -0.3 is 19.3 Å². The Labute approximate surface area is 161 Å². The van der Waals surface area contributed by atoms with E-state index in [1.807, 2.05) is 12.1 Å². The number of aliphatic hydroxyl groups is 1. The van der Waals surface area contributed by atoms with Gasteiger partial charge in [-0.2, -0.15) is 0 Å². The highest BCUT2D eigenvalue weighted by atomic mass is 16.8. The molecule has 148 valence electrons. The van der Waals surface area contributed by atoms with Crippen molar-refractivity contribution in [3.05, 3.63) is 36.7 Å². The molecule has 2 aliphatic carbocycles. The van der Waals surface area contributed by atoms with Gasteiger partial charge in [0.2, 0.25) is 0 Å². The average molecular weight is 373 g/mol. The Morgan fingerprint density at radius 3 is 2.81 bits per heavy atom. The zero-order valence-corrected chi connectivity index (χ0v) is 16.4. The number of hydrogen-bond donors (Lipinski definition) is 1. The molecule has 5 nitrogen and oxygen atoms in total. The predicted octanol–water partition coefficient (Wildman–Crippen LogP) is 3.93. The minimum Gasteiger partial charge on any atom is -0.493 e. The number of fused-ring (bicyclic) bond motifs is 3. The first-order valence-corrected chi connectivity index (χ1v) is 10.1. The van der Waals surface area contributed by atoms with Crippen molar-refractivity contribution in [2.24, 2.45) is 22.7 Å². The number of pyridine rings is 1. The van der Waals surface area contributed by atoms with Crippen molar-refractivity contribution in [1.82, 2.24) is 4.98 Å². The standard InChI is InChI=1S/C22H31NO4/c1-15-4-5-18-21(2,10-6-19-22(18,3)14-26-20(24)27-19)17(15)9-13-25-16-7-11-23-12-8-16/h7-8,11-12,17-20,24H,1,4-6,9-10,13-14H2,2-3H3/t17-,18?,19-,20-,21+,22+/m1/s1. The Morgan fingerprint density at radius 1 is 1.26 bits per heavy atom. The van der Waals surface area contributed by atoms with E-state index in [1.165, 1.54) is 5.57 Å². The van der Waals surface area contributed by atoms with E-state index < -0.39 is 6.48 Å². The molecule has 0 radical (unpaired) electrons. The lowest BCUT2D eigenvalue weighted by Crippen LogP contribution is -2.61. The van der Waals surface area contributed by atoms with Crippen molar-refractivity contribution < 1.29 is 19.3 Å². The van der Waals surface area contributed by atoms with E-state index in [0.29, 0.717) is 25.0 Å². The third-order valence-electron chi connectivity index (χ3n) is 7.46. The molecule has 1 N–H and O–H groups in total. The number of nitrogens with zero attached hydrogens (tertiary/aromatic N) is 1. The molecule has 27 heavy (non-hydrogen) atoms. The van der Waals surface area contributed by atoms with Gasteiger partial charge in [0.25, 0.3) is 6.48 Å². The maximum absolute atomic E-state index is 9.76. The van der Waals surface area contributed by atoms with Gasteiger partial charge in [0, 0.05) is 17.8 Å². The number of rotatable bonds is 4. The maximum atomic E-state index is 9.76. The summed E-state index contributed by atoms with van der Waals surface area (Å²) in [5.41, 5.74) is 1.46. The zero-order chi connectivity index (χ0) is 19.1. The van der Waals surface area contributed by atoms with Crippen LogP contribution in [-0.2, 0) is 9.47 Å². The summed E-state index contributed by atoms with van der Waals surface area (Å²) in [6, 6.07) is 3.79. The summed E-state index contributed by atoms with van der Waals surface area (Å²) in [7, 11) is 0. The third kappa shape index (κ3) is 3.30. The smallest absolute Gasteiger partial charge is 0.269 e. The molecule has 4 rings (SSSR count). The molecule has 3 fully saturated rings. The first-order valence-electron chi connectivity index (χ1n) is 10.1. The highest BCUT2D eigenvalue weighted by Crippen LogP contribution is 2.63. The van der Waals surface area contributed by atoms with Crippen LogP contribution in [-0.4, -0.2) is 35.9 Å². The number of aromatic nitrogens is 1. The Bertz CT molecular complexity index is 680.